The first-order chi connectivity index (χ1) is 14.8. The van der Waals surface area contributed by atoms with E-state index < -0.39 is 5.25 Å². The van der Waals surface area contributed by atoms with E-state index in [0.29, 0.717) is 21.6 Å². The van der Waals surface area contributed by atoms with Gasteiger partial charge in [0, 0.05) is 35.6 Å². The average molecular weight is 460 g/mol. The van der Waals surface area contributed by atoms with Crippen molar-refractivity contribution in [1.82, 2.24) is 9.88 Å². The number of anilines is 2. The Hall–Kier alpha value is -2.72. The first-order valence-corrected chi connectivity index (χ1v) is 11.7. The summed E-state index contributed by atoms with van der Waals surface area (Å²) in [5, 5.41) is 6.22. The fraction of sp³-hybridized carbons (Fsp3) is 0.381. The van der Waals surface area contributed by atoms with Crippen LogP contribution in [0.1, 0.15) is 41.2 Å². The molecule has 10 heteroatoms. The van der Waals surface area contributed by atoms with Crippen molar-refractivity contribution in [3.63, 3.8) is 0 Å². The quantitative estimate of drug-likeness (QED) is 0.655. The van der Waals surface area contributed by atoms with Crippen molar-refractivity contribution in [2.45, 2.75) is 39.4 Å². The summed E-state index contributed by atoms with van der Waals surface area (Å²) in [7, 11) is 0. The molecule has 0 radical (unpaired) electrons. The van der Waals surface area contributed by atoms with E-state index in [1.165, 1.54) is 23.1 Å². The van der Waals surface area contributed by atoms with Crippen LogP contribution in [0, 0.1) is 13.8 Å². The third-order valence-electron chi connectivity index (χ3n) is 4.79. The van der Waals surface area contributed by atoms with Gasteiger partial charge in [0.05, 0.1) is 5.69 Å². The highest BCUT2D eigenvalue weighted by Gasteiger charge is 2.32. The van der Waals surface area contributed by atoms with Crippen LogP contribution in [0.4, 0.5) is 10.8 Å². The lowest BCUT2D eigenvalue weighted by molar-refractivity contribution is -0.121. The fourth-order valence-corrected chi connectivity index (χ4v) is 4.96. The number of aryl methyl sites for hydroxylation is 2. The summed E-state index contributed by atoms with van der Waals surface area (Å²) in [6.45, 7) is 9.34. The lowest BCUT2D eigenvalue weighted by atomic mass is 10.2. The second kappa shape index (κ2) is 10.1. The Bertz CT molecular complexity index is 1010. The second-order valence-electron chi connectivity index (χ2n) is 6.96. The summed E-state index contributed by atoms with van der Waals surface area (Å²) in [4.78, 5) is 48.6. The zero-order chi connectivity index (χ0) is 22.5. The van der Waals surface area contributed by atoms with Crippen LogP contribution in [0.15, 0.2) is 29.3 Å². The number of amidine groups is 1. The van der Waals surface area contributed by atoms with Gasteiger partial charge in [-0.05, 0) is 45.9 Å². The van der Waals surface area contributed by atoms with Gasteiger partial charge >= 0.3 is 0 Å². The number of nitrogens with zero attached hydrogens (tertiary/aromatic N) is 3. The van der Waals surface area contributed by atoms with Crippen LogP contribution in [0.3, 0.4) is 0 Å². The average Bonchev–Trinajstić information content (AvgIpc) is 3.24. The van der Waals surface area contributed by atoms with Crippen molar-refractivity contribution in [3.8, 4) is 0 Å². The van der Waals surface area contributed by atoms with E-state index in [9.17, 15) is 14.4 Å². The van der Waals surface area contributed by atoms with Gasteiger partial charge < -0.3 is 10.2 Å². The first-order valence-electron chi connectivity index (χ1n) is 10.00. The molecule has 3 rings (SSSR count). The molecule has 0 fully saturated rings. The lowest BCUT2D eigenvalue weighted by Crippen LogP contribution is -2.27. The number of thioether (sulfide) groups is 1. The van der Waals surface area contributed by atoms with Crippen LogP contribution in [0.2, 0.25) is 0 Å². The number of carbonyl (C=O) groups is 3. The smallest absolute Gasteiger partial charge is 0.262 e. The monoisotopic (exact) mass is 459 g/mol. The minimum Gasteiger partial charge on any atom is -0.352 e. The van der Waals surface area contributed by atoms with Gasteiger partial charge in [-0.15, -0.1) is 11.3 Å². The summed E-state index contributed by atoms with van der Waals surface area (Å²) in [6, 6.07) is 6.66. The Morgan fingerprint density at radius 2 is 1.90 bits per heavy atom. The molecule has 1 aliphatic heterocycles. The molecule has 0 spiro atoms. The number of rotatable bonds is 7. The molecule has 3 amide bonds. The summed E-state index contributed by atoms with van der Waals surface area (Å²) in [5.41, 5.74) is 1.78. The Morgan fingerprint density at radius 3 is 2.55 bits per heavy atom. The number of hydrogen-bond acceptors (Lipinski definition) is 7. The summed E-state index contributed by atoms with van der Waals surface area (Å²) in [6.07, 6.45) is 0.0197. The first kappa shape index (κ1) is 23.0. The maximum Gasteiger partial charge on any atom is 0.262 e. The molecular formula is C21H25N5O3S2. The fourth-order valence-electron chi connectivity index (χ4n) is 2.95. The van der Waals surface area contributed by atoms with Crippen molar-refractivity contribution in [2.75, 3.05) is 23.7 Å². The Morgan fingerprint density at radius 1 is 1.16 bits per heavy atom. The molecule has 164 valence electrons. The molecule has 2 heterocycles. The molecule has 1 atom stereocenters. The number of nitrogens with one attached hydrogen (secondary N) is 2. The van der Waals surface area contributed by atoms with Gasteiger partial charge in [-0.3, -0.25) is 19.7 Å². The van der Waals surface area contributed by atoms with E-state index in [0.717, 1.165) is 23.7 Å². The Kier molecular flexibility index (Phi) is 7.45. The van der Waals surface area contributed by atoms with Crippen LogP contribution in [-0.4, -0.2) is 51.1 Å². The van der Waals surface area contributed by atoms with Crippen LogP contribution >= 0.6 is 23.1 Å². The van der Waals surface area contributed by atoms with Crippen molar-refractivity contribution >= 4 is 56.8 Å². The lowest BCUT2D eigenvalue weighted by Gasteiger charge is -2.19. The van der Waals surface area contributed by atoms with E-state index in [1.54, 1.807) is 24.3 Å². The Balaban J connectivity index is 1.59. The molecular weight excluding hydrogens is 434 g/mol. The summed E-state index contributed by atoms with van der Waals surface area (Å²) in [5.74, 6) is -0.890. The molecule has 0 saturated heterocycles. The highest BCUT2D eigenvalue weighted by Crippen LogP contribution is 2.27. The number of benzene rings is 1. The van der Waals surface area contributed by atoms with Gasteiger partial charge in [0.1, 0.15) is 5.25 Å². The molecule has 2 N–H and O–H groups in total. The van der Waals surface area contributed by atoms with E-state index in [1.807, 2.05) is 32.6 Å². The predicted octanol–water partition coefficient (Wildman–Crippen LogP) is 3.68. The van der Waals surface area contributed by atoms with Crippen LogP contribution in [0.25, 0.3) is 0 Å². The zero-order valence-corrected chi connectivity index (χ0v) is 19.5. The molecule has 8 nitrogen and oxygen atoms in total. The molecule has 31 heavy (non-hydrogen) atoms. The summed E-state index contributed by atoms with van der Waals surface area (Å²) < 4.78 is 0. The van der Waals surface area contributed by atoms with E-state index in [2.05, 4.69) is 20.6 Å². The van der Waals surface area contributed by atoms with Crippen LogP contribution in [0.5, 0.6) is 0 Å². The molecule has 0 saturated carbocycles. The van der Waals surface area contributed by atoms with Crippen molar-refractivity contribution in [2.24, 2.45) is 4.99 Å². The summed E-state index contributed by atoms with van der Waals surface area (Å²) >= 11 is 2.74. The van der Waals surface area contributed by atoms with Gasteiger partial charge in [0.2, 0.25) is 5.91 Å². The third kappa shape index (κ3) is 5.71. The van der Waals surface area contributed by atoms with Gasteiger partial charge in [0.25, 0.3) is 11.8 Å². The minimum atomic E-state index is -0.529. The number of amides is 3. The molecule has 0 bridgehead atoms. The van der Waals surface area contributed by atoms with E-state index in [4.69, 9.17) is 0 Å². The highest BCUT2D eigenvalue weighted by atomic mass is 32.2. The Labute approximate surface area is 189 Å². The topological polar surface area (TPSA) is 104 Å². The van der Waals surface area contributed by atoms with Gasteiger partial charge in [-0.2, -0.15) is 4.99 Å². The van der Waals surface area contributed by atoms with Crippen molar-refractivity contribution in [3.05, 3.63) is 40.4 Å². The molecule has 1 aromatic heterocycles. The maximum atomic E-state index is 12.5. The number of hydrogen-bond donors (Lipinski definition) is 2. The largest absolute Gasteiger partial charge is 0.352 e. The number of aliphatic imine (C=N–C) groups is 1. The van der Waals surface area contributed by atoms with Crippen molar-refractivity contribution < 1.29 is 14.4 Å². The third-order valence-corrected chi connectivity index (χ3v) is 6.99. The van der Waals surface area contributed by atoms with E-state index in [-0.39, 0.29) is 24.1 Å². The molecule has 0 aliphatic carbocycles. The number of thiazole rings is 1. The van der Waals surface area contributed by atoms with Gasteiger partial charge in [-0.1, -0.05) is 17.8 Å². The van der Waals surface area contributed by atoms with E-state index >= 15 is 0 Å². The molecule has 2 aromatic rings. The zero-order valence-electron chi connectivity index (χ0n) is 17.9. The number of aromatic nitrogens is 1. The molecule has 1 aromatic carbocycles. The molecule has 1 aliphatic rings. The normalized spacial score (nSPS) is 15.5. The SMILES string of the molecule is CCN(CC)C1=NC(=O)C(CC(=O)Nc2cccc(C(=O)Nc3nc(C)c(C)s3)c2)S1. The van der Waals surface area contributed by atoms with Crippen LogP contribution < -0.4 is 10.6 Å². The highest BCUT2D eigenvalue weighted by molar-refractivity contribution is 8.15. The van der Waals surface area contributed by atoms with Gasteiger partial charge in [0.15, 0.2) is 10.3 Å². The minimum absolute atomic E-state index is 0.0197. The van der Waals surface area contributed by atoms with Gasteiger partial charge in [-0.25, -0.2) is 4.98 Å². The molecule has 1 unspecified atom stereocenters. The number of carbonyl (C=O) groups excluding carboxylic acids is 3. The predicted molar refractivity (Wildman–Crippen MR) is 126 cm³/mol. The van der Waals surface area contributed by atoms with Crippen molar-refractivity contribution in [1.29, 1.82) is 0 Å². The second-order valence-corrected chi connectivity index (χ2v) is 9.33. The maximum absolute atomic E-state index is 12.5. The standard InChI is InChI=1S/C21H25N5O3S2/c1-5-26(6-2)21-25-19(29)16(31-21)11-17(27)23-15-9-7-8-14(10-15)18(28)24-20-22-12(3)13(4)30-20/h7-10,16H,5-6,11H2,1-4H3,(H,23,27)(H,22,24,28). The van der Waals surface area contributed by atoms with Crippen LogP contribution in [-0.2, 0) is 9.59 Å².